The second kappa shape index (κ2) is 9.63. The minimum absolute atomic E-state index is 0.0313. The molecule has 0 aromatic carbocycles. The van der Waals surface area contributed by atoms with Gasteiger partial charge in [-0.1, -0.05) is 5.16 Å². The highest BCUT2D eigenvalue weighted by Crippen LogP contribution is 2.41. The molecule has 2 aromatic heterocycles. The quantitative estimate of drug-likeness (QED) is 0.226. The van der Waals surface area contributed by atoms with Crippen LogP contribution >= 0.6 is 23.1 Å². The van der Waals surface area contributed by atoms with Crippen LogP contribution in [0, 0.1) is 0 Å². The van der Waals surface area contributed by atoms with Gasteiger partial charge in [0.15, 0.2) is 20.7 Å². The molecule has 2 amide bonds. The molecule has 35 heavy (non-hydrogen) atoms. The summed E-state index contributed by atoms with van der Waals surface area (Å²) in [5, 5.41) is 16.9. The SMILES string of the molecule is CO/N=C(\C(=O)NC1C(=O)N2C(C(=O)O)=C(CS(=O)(=O)c3cccnc3)CS[C@H]12)c1csc(N)n1. The Morgan fingerprint density at radius 3 is 2.80 bits per heavy atom. The fourth-order valence-electron chi connectivity index (χ4n) is 3.54. The Morgan fingerprint density at radius 2 is 2.20 bits per heavy atom. The summed E-state index contributed by atoms with van der Waals surface area (Å²) in [6, 6.07) is 1.76. The van der Waals surface area contributed by atoms with Crippen molar-refractivity contribution in [3.05, 3.63) is 46.9 Å². The van der Waals surface area contributed by atoms with E-state index in [0.717, 1.165) is 28.0 Å². The molecule has 0 bridgehead atoms. The number of thiazole rings is 1. The van der Waals surface area contributed by atoms with Gasteiger partial charge in [0, 0.05) is 23.5 Å². The number of aliphatic carboxylic acids is 1. The van der Waals surface area contributed by atoms with Gasteiger partial charge in [-0.25, -0.2) is 18.2 Å². The number of carboxylic acid groups (broad SMARTS) is 1. The Kier molecular flexibility index (Phi) is 6.77. The van der Waals surface area contributed by atoms with E-state index < -0.39 is 50.5 Å². The normalized spacial score (nSPS) is 20.2. The minimum Gasteiger partial charge on any atom is -0.477 e. The molecule has 16 heteroatoms. The van der Waals surface area contributed by atoms with Gasteiger partial charge >= 0.3 is 5.97 Å². The summed E-state index contributed by atoms with van der Waals surface area (Å²) in [6.45, 7) is 0. The second-order valence-corrected chi connectivity index (χ2v) is 11.2. The molecule has 13 nitrogen and oxygen atoms in total. The Balaban J connectivity index is 1.55. The van der Waals surface area contributed by atoms with Crippen LogP contribution in [0.1, 0.15) is 5.69 Å². The lowest BCUT2D eigenvalue weighted by Crippen LogP contribution is -2.71. The first kappa shape index (κ1) is 24.6. The van der Waals surface area contributed by atoms with Crippen molar-refractivity contribution in [3.63, 3.8) is 0 Å². The number of carbonyl (C=O) groups is 3. The van der Waals surface area contributed by atoms with Crippen molar-refractivity contribution >= 4 is 61.6 Å². The van der Waals surface area contributed by atoms with Gasteiger partial charge in [-0.2, -0.15) is 0 Å². The number of nitrogen functional groups attached to an aromatic ring is 1. The number of rotatable bonds is 8. The van der Waals surface area contributed by atoms with Gasteiger partial charge in [0.05, 0.1) is 10.6 Å². The molecule has 0 spiro atoms. The van der Waals surface area contributed by atoms with Crippen molar-refractivity contribution in [2.75, 3.05) is 24.3 Å². The number of aromatic nitrogens is 2. The van der Waals surface area contributed by atoms with Crippen molar-refractivity contribution < 1.29 is 32.7 Å². The predicted octanol–water partition coefficient (Wildman–Crippen LogP) is -0.317. The molecule has 4 N–H and O–H groups in total. The third-order valence-electron chi connectivity index (χ3n) is 5.06. The van der Waals surface area contributed by atoms with Crippen LogP contribution in [0.25, 0.3) is 0 Å². The van der Waals surface area contributed by atoms with Crippen molar-refractivity contribution in [2.45, 2.75) is 16.3 Å². The monoisotopic (exact) mass is 538 g/mol. The maximum atomic E-state index is 12.9. The van der Waals surface area contributed by atoms with Crippen LogP contribution in [0.15, 0.2) is 51.2 Å². The number of sulfone groups is 1. The molecule has 2 atom stereocenters. The molecule has 0 radical (unpaired) electrons. The Labute approximate surface area is 207 Å². The van der Waals surface area contributed by atoms with E-state index in [0.29, 0.717) is 0 Å². The molecule has 1 saturated heterocycles. The van der Waals surface area contributed by atoms with Gasteiger partial charge in [0.1, 0.15) is 29.9 Å². The molecule has 4 heterocycles. The molecule has 1 fully saturated rings. The van der Waals surface area contributed by atoms with Gasteiger partial charge in [-0.3, -0.25) is 19.5 Å². The number of fused-ring (bicyclic) bond motifs is 1. The minimum atomic E-state index is -3.89. The molecule has 2 aliphatic heterocycles. The van der Waals surface area contributed by atoms with Crippen LogP contribution in [0.4, 0.5) is 5.13 Å². The molecule has 2 aromatic rings. The van der Waals surface area contributed by atoms with E-state index >= 15 is 0 Å². The summed E-state index contributed by atoms with van der Waals surface area (Å²) in [6.07, 6.45) is 2.59. The van der Waals surface area contributed by atoms with Crippen LogP contribution in [0.2, 0.25) is 0 Å². The average Bonchev–Trinajstić information content (AvgIpc) is 3.26. The van der Waals surface area contributed by atoms with Crippen molar-refractivity contribution in [2.24, 2.45) is 5.16 Å². The molecule has 2 aliphatic rings. The first-order valence-electron chi connectivity index (χ1n) is 9.80. The zero-order chi connectivity index (χ0) is 25.3. The number of β-lactam (4-membered cyclic amide) rings is 1. The van der Waals surface area contributed by atoms with E-state index in [1.165, 1.54) is 37.0 Å². The van der Waals surface area contributed by atoms with Crippen LogP contribution in [0.5, 0.6) is 0 Å². The Morgan fingerprint density at radius 1 is 1.43 bits per heavy atom. The fourth-order valence-corrected chi connectivity index (χ4v) is 6.93. The van der Waals surface area contributed by atoms with E-state index in [9.17, 15) is 27.9 Å². The van der Waals surface area contributed by atoms with Gasteiger partial charge in [-0.15, -0.1) is 23.1 Å². The number of hydrogen-bond donors (Lipinski definition) is 3. The smallest absolute Gasteiger partial charge is 0.352 e. The van der Waals surface area contributed by atoms with Crippen LogP contribution in [-0.2, 0) is 29.1 Å². The lowest BCUT2D eigenvalue weighted by Gasteiger charge is -2.49. The summed E-state index contributed by atoms with van der Waals surface area (Å²) in [7, 11) is -2.65. The Bertz CT molecular complexity index is 1360. The molecular weight excluding hydrogens is 520 g/mol. The third kappa shape index (κ3) is 4.71. The number of oxime groups is 1. The van der Waals surface area contributed by atoms with Gasteiger partial charge in [-0.05, 0) is 17.7 Å². The number of carbonyl (C=O) groups excluding carboxylic acids is 2. The van der Waals surface area contributed by atoms with Crippen LogP contribution in [-0.4, -0.2) is 81.9 Å². The van der Waals surface area contributed by atoms with E-state index in [2.05, 4.69) is 20.4 Å². The molecule has 0 aliphatic carbocycles. The van der Waals surface area contributed by atoms with E-state index in [-0.39, 0.29) is 32.8 Å². The number of anilines is 1. The number of carboxylic acids is 1. The van der Waals surface area contributed by atoms with Crippen LogP contribution in [0.3, 0.4) is 0 Å². The number of pyridine rings is 1. The summed E-state index contributed by atoms with van der Waals surface area (Å²) >= 11 is 2.23. The number of thioether (sulfide) groups is 1. The highest BCUT2D eigenvalue weighted by atomic mass is 32.2. The zero-order valence-electron chi connectivity index (χ0n) is 17.9. The number of nitrogens with zero attached hydrogens (tertiary/aromatic N) is 4. The molecular formula is C19H18N6O7S3. The largest absolute Gasteiger partial charge is 0.477 e. The lowest BCUT2D eigenvalue weighted by molar-refractivity contribution is -0.150. The van der Waals surface area contributed by atoms with E-state index in [1.807, 2.05) is 0 Å². The number of nitrogens with one attached hydrogen (secondary N) is 1. The second-order valence-electron chi connectivity index (χ2n) is 7.26. The number of nitrogens with two attached hydrogens (primary N) is 1. The van der Waals surface area contributed by atoms with E-state index in [4.69, 9.17) is 10.6 Å². The maximum absolute atomic E-state index is 12.9. The molecule has 184 valence electrons. The molecule has 0 saturated carbocycles. The Hall–Kier alpha value is -3.50. The zero-order valence-corrected chi connectivity index (χ0v) is 20.4. The highest BCUT2D eigenvalue weighted by molar-refractivity contribution is 8.00. The van der Waals surface area contributed by atoms with Crippen molar-refractivity contribution in [1.29, 1.82) is 0 Å². The summed E-state index contributed by atoms with van der Waals surface area (Å²) in [5.74, 6) is -3.45. The lowest BCUT2D eigenvalue weighted by atomic mass is 10.0. The van der Waals surface area contributed by atoms with Crippen molar-refractivity contribution in [1.82, 2.24) is 20.2 Å². The first-order valence-corrected chi connectivity index (χ1v) is 13.4. The van der Waals surface area contributed by atoms with Crippen LogP contribution < -0.4 is 11.1 Å². The molecule has 4 rings (SSSR count). The summed E-state index contributed by atoms with van der Waals surface area (Å²) in [4.78, 5) is 51.1. The standard InChI is InChI=1S/C19H18N6O7S3/c1-32-24-12(11-7-34-19(20)22-11)15(26)23-13-16(27)25-14(18(28)29)9(6-33-17(13)25)8-35(30,31)10-3-2-4-21-5-10/h2-5,7,13,17H,6,8H2,1H3,(H2,20,22)(H,23,26)(H,28,29)/b24-12-/t13?,17-/m1/s1. The summed E-state index contributed by atoms with van der Waals surface area (Å²) < 4.78 is 25.5. The summed E-state index contributed by atoms with van der Waals surface area (Å²) in [5.41, 5.74) is 5.22. The first-order chi connectivity index (χ1) is 16.6. The molecule has 1 unspecified atom stereocenters. The average molecular weight is 539 g/mol. The number of hydrogen-bond acceptors (Lipinski definition) is 12. The fraction of sp³-hybridized carbons (Fsp3) is 0.263. The van der Waals surface area contributed by atoms with Gasteiger partial charge in [0.2, 0.25) is 0 Å². The highest BCUT2D eigenvalue weighted by Gasteiger charge is 2.54. The third-order valence-corrected chi connectivity index (χ3v) is 8.76. The maximum Gasteiger partial charge on any atom is 0.352 e. The van der Waals surface area contributed by atoms with Gasteiger partial charge in [0.25, 0.3) is 11.8 Å². The van der Waals surface area contributed by atoms with Crippen molar-refractivity contribution in [3.8, 4) is 0 Å². The number of amides is 2. The van der Waals surface area contributed by atoms with E-state index in [1.54, 1.807) is 0 Å². The predicted molar refractivity (Wildman–Crippen MR) is 126 cm³/mol. The van der Waals surface area contributed by atoms with Gasteiger partial charge < -0.3 is 21.0 Å². The topological polar surface area (TPSA) is 194 Å².